The van der Waals surface area contributed by atoms with Crippen LogP contribution in [0.25, 0.3) is 0 Å². The quantitative estimate of drug-likeness (QED) is 0.823. The average Bonchev–Trinajstić information content (AvgIpc) is 2.42. The Bertz CT molecular complexity index is 527. The summed E-state index contributed by atoms with van der Waals surface area (Å²) in [7, 11) is 0. The first-order chi connectivity index (χ1) is 10.4. The van der Waals surface area contributed by atoms with Crippen LogP contribution in [0.15, 0.2) is 12.1 Å². The Morgan fingerprint density at radius 3 is 1.78 bits per heavy atom. The van der Waals surface area contributed by atoms with E-state index in [9.17, 15) is 9.90 Å². The van der Waals surface area contributed by atoms with Gasteiger partial charge in [0.05, 0.1) is 6.04 Å². The highest BCUT2D eigenvalue weighted by Gasteiger charge is 2.28. The summed E-state index contributed by atoms with van der Waals surface area (Å²) < 4.78 is 0. The number of hydrogen-bond acceptors (Lipinski definition) is 2. The van der Waals surface area contributed by atoms with E-state index < -0.39 is 0 Å². The van der Waals surface area contributed by atoms with Gasteiger partial charge in [0, 0.05) is 6.42 Å². The molecule has 0 aliphatic rings. The van der Waals surface area contributed by atoms with E-state index in [1.54, 1.807) is 0 Å². The molecule has 3 nitrogen and oxygen atoms in total. The van der Waals surface area contributed by atoms with Crippen LogP contribution in [-0.2, 0) is 15.6 Å². The highest BCUT2D eigenvalue weighted by molar-refractivity contribution is 5.76. The maximum Gasteiger partial charge on any atom is 0.220 e. The van der Waals surface area contributed by atoms with Crippen LogP contribution in [-0.4, -0.2) is 11.0 Å². The highest BCUT2D eigenvalue weighted by atomic mass is 16.3. The maximum absolute atomic E-state index is 11.8. The van der Waals surface area contributed by atoms with Crippen LogP contribution < -0.4 is 5.32 Å². The van der Waals surface area contributed by atoms with E-state index in [2.05, 4.69) is 65.9 Å². The third-order valence-electron chi connectivity index (χ3n) is 4.22. The van der Waals surface area contributed by atoms with E-state index in [-0.39, 0.29) is 22.8 Å². The SMILES string of the molecule is CCC(=O)NC(CC)c1cc(C(C)(C)C)c(O)c(C(C)(C)C)c1. The van der Waals surface area contributed by atoms with Crippen LogP contribution in [0.5, 0.6) is 5.75 Å². The Morgan fingerprint density at radius 2 is 1.48 bits per heavy atom. The van der Waals surface area contributed by atoms with Gasteiger partial charge in [0.25, 0.3) is 0 Å². The Morgan fingerprint density at radius 1 is 1.04 bits per heavy atom. The van der Waals surface area contributed by atoms with Gasteiger partial charge >= 0.3 is 0 Å². The molecule has 130 valence electrons. The maximum atomic E-state index is 11.8. The lowest BCUT2D eigenvalue weighted by Gasteiger charge is -2.30. The molecule has 0 saturated heterocycles. The van der Waals surface area contributed by atoms with Crippen LogP contribution in [0.4, 0.5) is 0 Å². The monoisotopic (exact) mass is 319 g/mol. The second kappa shape index (κ2) is 6.94. The van der Waals surface area contributed by atoms with Crippen molar-refractivity contribution in [2.75, 3.05) is 0 Å². The summed E-state index contributed by atoms with van der Waals surface area (Å²) in [6, 6.07) is 4.08. The lowest BCUT2D eigenvalue weighted by atomic mass is 9.77. The highest BCUT2D eigenvalue weighted by Crippen LogP contribution is 2.41. The summed E-state index contributed by atoms with van der Waals surface area (Å²) >= 11 is 0. The van der Waals surface area contributed by atoms with Crippen molar-refractivity contribution in [3.63, 3.8) is 0 Å². The number of phenolic OH excluding ortho intramolecular Hbond substituents is 1. The van der Waals surface area contributed by atoms with Gasteiger partial charge in [0.1, 0.15) is 5.75 Å². The molecule has 1 aromatic carbocycles. The molecule has 0 aromatic heterocycles. The molecule has 1 amide bonds. The van der Waals surface area contributed by atoms with Crippen LogP contribution in [0, 0.1) is 0 Å². The van der Waals surface area contributed by atoms with Crippen molar-refractivity contribution in [2.45, 2.75) is 85.1 Å². The molecular formula is C20H33NO2. The molecule has 0 bridgehead atoms. The molecule has 0 aliphatic heterocycles. The van der Waals surface area contributed by atoms with E-state index >= 15 is 0 Å². The molecule has 0 heterocycles. The molecular weight excluding hydrogens is 286 g/mol. The third kappa shape index (κ3) is 4.73. The number of amides is 1. The summed E-state index contributed by atoms with van der Waals surface area (Å²) in [6.45, 7) is 16.5. The van der Waals surface area contributed by atoms with Crippen molar-refractivity contribution in [3.05, 3.63) is 28.8 Å². The minimum absolute atomic E-state index is 0.0229. The molecule has 0 aliphatic carbocycles. The Labute approximate surface area is 141 Å². The molecule has 0 fully saturated rings. The van der Waals surface area contributed by atoms with Crippen molar-refractivity contribution in [2.24, 2.45) is 0 Å². The second-order valence-corrected chi connectivity index (χ2v) is 8.35. The Balaban J connectivity index is 3.51. The van der Waals surface area contributed by atoms with Crippen molar-refractivity contribution in [1.29, 1.82) is 0 Å². The largest absolute Gasteiger partial charge is 0.507 e. The van der Waals surface area contributed by atoms with Gasteiger partial charge in [-0.15, -0.1) is 0 Å². The first-order valence-corrected chi connectivity index (χ1v) is 8.59. The predicted molar refractivity (Wildman–Crippen MR) is 97.0 cm³/mol. The van der Waals surface area contributed by atoms with Crippen LogP contribution in [0.2, 0.25) is 0 Å². The zero-order valence-electron chi connectivity index (χ0n) is 16.0. The fourth-order valence-corrected chi connectivity index (χ4v) is 2.72. The summed E-state index contributed by atoms with van der Waals surface area (Å²) in [5.74, 6) is 0.435. The molecule has 1 unspecified atom stereocenters. The number of phenols is 1. The van der Waals surface area contributed by atoms with Crippen molar-refractivity contribution < 1.29 is 9.90 Å². The average molecular weight is 319 g/mol. The van der Waals surface area contributed by atoms with E-state index in [1.165, 1.54) is 0 Å². The number of carbonyl (C=O) groups is 1. The molecule has 1 atom stereocenters. The molecule has 1 rings (SSSR count). The van der Waals surface area contributed by atoms with Gasteiger partial charge in [-0.3, -0.25) is 4.79 Å². The normalized spacial score (nSPS) is 13.7. The molecule has 0 saturated carbocycles. The van der Waals surface area contributed by atoms with Crippen LogP contribution >= 0.6 is 0 Å². The van der Waals surface area contributed by atoms with Crippen molar-refractivity contribution in [1.82, 2.24) is 5.32 Å². The lowest BCUT2D eigenvalue weighted by molar-refractivity contribution is -0.121. The van der Waals surface area contributed by atoms with E-state index in [4.69, 9.17) is 0 Å². The van der Waals surface area contributed by atoms with Gasteiger partial charge < -0.3 is 10.4 Å². The van der Waals surface area contributed by atoms with E-state index in [0.717, 1.165) is 23.1 Å². The van der Waals surface area contributed by atoms with Crippen molar-refractivity contribution in [3.8, 4) is 5.75 Å². The van der Waals surface area contributed by atoms with E-state index in [1.807, 2.05) is 6.92 Å². The van der Waals surface area contributed by atoms with Gasteiger partial charge in [-0.25, -0.2) is 0 Å². The summed E-state index contributed by atoms with van der Waals surface area (Å²) in [6.07, 6.45) is 1.30. The van der Waals surface area contributed by atoms with Gasteiger partial charge in [-0.2, -0.15) is 0 Å². The Hall–Kier alpha value is -1.51. The van der Waals surface area contributed by atoms with Crippen molar-refractivity contribution >= 4 is 5.91 Å². The number of carbonyl (C=O) groups excluding carboxylic acids is 1. The number of hydrogen-bond donors (Lipinski definition) is 2. The summed E-state index contributed by atoms with van der Waals surface area (Å²) in [5, 5.41) is 13.9. The molecule has 2 N–H and O–H groups in total. The first kappa shape index (κ1) is 19.5. The number of rotatable bonds is 4. The topological polar surface area (TPSA) is 49.3 Å². The standard InChI is InChI=1S/C20H33NO2/c1-9-16(21-17(22)10-2)13-11-14(19(3,4)5)18(23)15(12-13)20(6,7)8/h11-12,16,23H,9-10H2,1-8H3,(H,21,22). The van der Waals surface area contributed by atoms with Crippen LogP contribution in [0.1, 0.15) is 91.0 Å². The van der Waals surface area contributed by atoms with Gasteiger partial charge in [-0.1, -0.05) is 55.4 Å². The Kier molecular flexibility index (Phi) is 5.89. The summed E-state index contributed by atoms with van der Waals surface area (Å²) in [5.41, 5.74) is 2.62. The minimum Gasteiger partial charge on any atom is -0.507 e. The molecule has 3 heteroatoms. The smallest absolute Gasteiger partial charge is 0.220 e. The molecule has 23 heavy (non-hydrogen) atoms. The zero-order chi connectivity index (χ0) is 18.0. The predicted octanol–water partition coefficient (Wildman–Crippen LogP) is 4.96. The van der Waals surface area contributed by atoms with E-state index in [0.29, 0.717) is 12.2 Å². The molecule has 0 radical (unpaired) electrons. The number of aromatic hydroxyl groups is 1. The van der Waals surface area contributed by atoms with Gasteiger partial charge in [0.15, 0.2) is 0 Å². The van der Waals surface area contributed by atoms with Gasteiger partial charge in [0.2, 0.25) is 5.91 Å². The fourth-order valence-electron chi connectivity index (χ4n) is 2.72. The zero-order valence-corrected chi connectivity index (χ0v) is 16.0. The fraction of sp³-hybridized carbons (Fsp3) is 0.650. The number of nitrogens with one attached hydrogen (secondary N) is 1. The summed E-state index contributed by atoms with van der Waals surface area (Å²) in [4.78, 5) is 11.8. The molecule has 0 spiro atoms. The third-order valence-corrected chi connectivity index (χ3v) is 4.22. The number of benzene rings is 1. The minimum atomic E-state index is -0.160. The first-order valence-electron chi connectivity index (χ1n) is 8.59. The lowest BCUT2D eigenvalue weighted by Crippen LogP contribution is -2.28. The van der Waals surface area contributed by atoms with Gasteiger partial charge in [-0.05, 0) is 46.1 Å². The second-order valence-electron chi connectivity index (χ2n) is 8.35. The van der Waals surface area contributed by atoms with Crippen LogP contribution in [0.3, 0.4) is 0 Å². The molecule has 1 aromatic rings.